The van der Waals surface area contributed by atoms with Crippen LogP contribution in [0.3, 0.4) is 0 Å². The number of likely N-dealkylation sites (tertiary alicyclic amines) is 1. The van der Waals surface area contributed by atoms with Crippen molar-refractivity contribution in [1.82, 2.24) is 10.2 Å². The first-order valence-electron chi connectivity index (χ1n) is 5.39. The molecule has 0 radical (unpaired) electrons. The highest BCUT2D eigenvalue weighted by molar-refractivity contribution is 5.78. The highest BCUT2D eigenvalue weighted by atomic mass is 16.3. The van der Waals surface area contributed by atoms with Gasteiger partial charge >= 0.3 is 0 Å². The van der Waals surface area contributed by atoms with Crippen LogP contribution >= 0.6 is 0 Å². The Balaban J connectivity index is 2.25. The number of aliphatic hydroxyl groups excluding tert-OH is 1. The van der Waals surface area contributed by atoms with Gasteiger partial charge in [0.1, 0.15) is 0 Å². The molecule has 1 aliphatic heterocycles. The first-order chi connectivity index (χ1) is 6.77. The fraction of sp³-hybridized carbons (Fsp3) is 0.900. The topological polar surface area (TPSA) is 52.6 Å². The molecule has 2 N–H and O–H groups in total. The summed E-state index contributed by atoms with van der Waals surface area (Å²) in [5.74, 6) is 0.0272. The summed E-state index contributed by atoms with van der Waals surface area (Å²) in [4.78, 5) is 13.6. The lowest BCUT2D eigenvalue weighted by atomic mass is 10.2. The van der Waals surface area contributed by atoms with E-state index in [2.05, 4.69) is 17.1 Å². The summed E-state index contributed by atoms with van der Waals surface area (Å²) in [6.07, 6.45) is 3.53. The molecule has 0 aliphatic carbocycles. The van der Waals surface area contributed by atoms with Crippen molar-refractivity contribution < 1.29 is 9.90 Å². The second-order valence-electron chi connectivity index (χ2n) is 3.75. The molecule has 14 heavy (non-hydrogen) atoms. The van der Waals surface area contributed by atoms with Crippen LogP contribution in [0.25, 0.3) is 0 Å². The zero-order valence-electron chi connectivity index (χ0n) is 8.83. The number of aliphatic hydroxyl groups is 1. The summed E-state index contributed by atoms with van der Waals surface area (Å²) in [6.45, 7) is 4.06. The summed E-state index contributed by atoms with van der Waals surface area (Å²) in [7, 11) is 0. The lowest BCUT2D eigenvalue weighted by Gasteiger charge is -2.22. The van der Waals surface area contributed by atoms with E-state index in [1.165, 1.54) is 12.8 Å². The third kappa shape index (κ3) is 3.27. The predicted molar refractivity (Wildman–Crippen MR) is 55.0 cm³/mol. The first-order valence-corrected chi connectivity index (χ1v) is 5.39. The molecule has 1 atom stereocenters. The summed E-state index contributed by atoms with van der Waals surface area (Å²) in [5.41, 5.74) is 0. The van der Waals surface area contributed by atoms with Crippen molar-refractivity contribution in [2.75, 3.05) is 26.2 Å². The van der Waals surface area contributed by atoms with Crippen LogP contribution in [0, 0.1) is 0 Å². The van der Waals surface area contributed by atoms with Crippen LogP contribution in [0.2, 0.25) is 0 Å². The Morgan fingerprint density at radius 2 is 2.43 bits per heavy atom. The molecule has 1 aliphatic rings. The van der Waals surface area contributed by atoms with Crippen molar-refractivity contribution in [2.45, 2.75) is 32.2 Å². The SMILES string of the molecule is CCC1CCCN1CC(=O)NCCO. The molecule has 0 saturated carbocycles. The number of rotatable bonds is 5. The zero-order chi connectivity index (χ0) is 10.4. The van der Waals surface area contributed by atoms with E-state index in [0.29, 0.717) is 19.1 Å². The van der Waals surface area contributed by atoms with Gasteiger partial charge in [-0.15, -0.1) is 0 Å². The predicted octanol–water partition coefficient (Wildman–Crippen LogP) is -0.0307. The molecule has 1 heterocycles. The van der Waals surface area contributed by atoms with E-state index in [0.717, 1.165) is 13.0 Å². The lowest BCUT2D eigenvalue weighted by Crippen LogP contribution is -2.40. The maximum atomic E-state index is 11.4. The Labute approximate surface area is 85.3 Å². The van der Waals surface area contributed by atoms with Crippen LogP contribution in [0.4, 0.5) is 0 Å². The Morgan fingerprint density at radius 3 is 3.07 bits per heavy atom. The number of nitrogens with one attached hydrogen (secondary N) is 1. The summed E-state index contributed by atoms with van der Waals surface area (Å²) in [6, 6.07) is 0.579. The molecule has 1 saturated heterocycles. The molecule has 0 bridgehead atoms. The van der Waals surface area contributed by atoms with Crippen molar-refractivity contribution in [1.29, 1.82) is 0 Å². The van der Waals surface area contributed by atoms with E-state index < -0.39 is 0 Å². The van der Waals surface area contributed by atoms with Crippen molar-refractivity contribution in [3.05, 3.63) is 0 Å². The van der Waals surface area contributed by atoms with Gasteiger partial charge in [0.05, 0.1) is 13.2 Å². The molecule has 1 rings (SSSR count). The molecule has 0 aromatic rings. The molecule has 0 aromatic carbocycles. The standard InChI is InChI=1S/C10H20N2O2/c1-2-9-4-3-6-12(9)8-10(14)11-5-7-13/h9,13H,2-8H2,1H3,(H,11,14). The summed E-state index contributed by atoms with van der Waals surface area (Å²) in [5, 5.41) is 11.2. The molecule has 0 spiro atoms. The normalized spacial score (nSPS) is 22.6. The van der Waals surface area contributed by atoms with Gasteiger partial charge in [-0.25, -0.2) is 0 Å². The van der Waals surface area contributed by atoms with E-state index in [-0.39, 0.29) is 12.5 Å². The van der Waals surface area contributed by atoms with Crippen molar-refractivity contribution in [3.63, 3.8) is 0 Å². The van der Waals surface area contributed by atoms with Crippen LogP contribution in [0.1, 0.15) is 26.2 Å². The fourth-order valence-electron chi connectivity index (χ4n) is 2.00. The number of carbonyl (C=O) groups is 1. The number of nitrogens with zero attached hydrogens (tertiary/aromatic N) is 1. The van der Waals surface area contributed by atoms with Crippen LogP contribution < -0.4 is 5.32 Å². The second-order valence-corrected chi connectivity index (χ2v) is 3.75. The van der Waals surface area contributed by atoms with E-state index in [1.807, 2.05) is 0 Å². The number of carbonyl (C=O) groups excluding carboxylic acids is 1. The highest BCUT2D eigenvalue weighted by Crippen LogP contribution is 2.18. The lowest BCUT2D eigenvalue weighted by molar-refractivity contribution is -0.122. The Morgan fingerprint density at radius 1 is 1.64 bits per heavy atom. The van der Waals surface area contributed by atoms with Crippen molar-refractivity contribution in [2.24, 2.45) is 0 Å². The third-order valence-corrected chi connectivity index (χ3v) is 2.75. The number of amides is 1. The summed E-state index contributed by atoms with van der Waals surface area (Å²) >= 11 is 0. The van der Waals surface area contributed by atoms with Gasteiger partial charge < -0.3 is 10.4 Å². The molecule has 1 amide bonds. The van der Waals surface area contributed by atoms with Gasteiger partial charge in [-0.3, -0.25) is 9.69 Å². The Hall–Kier alpha value is -0.610. The average molecular weight is 200 g/mol. The van der Waals surface area contributed by atoms with E-state index in [1.54, 1.807) is 0 Å². The zero-order valence-corrected chi connectivity index (χ0v) is 8.83. The maximum Gasteiger partial charge on any atom is 0.234 e. The van der Waals surface area contributed by atoms with Gasteiger partial charge in [-0.2, -0.15) is 0 Å². The first kappa shape index (κ1) is 11.5. The van der Waals surface area contributed by atoms with E-state index >= 15 is 0 Å². The van der Waals surface area contributed by atoms with Crippen LogP contribution in [0.5, 0.6) is 0 Å². The van der Waals surface area contributed by atoms with E-state index in [4.69, 9.17) is 5.11 Å². The largest absolute Gasteiger partial charge is 0.395 e. The molecule has 4 heteroatoms. The minimum absolute atomic E-state index is 0.0168. The molecule has 1 fully saturated rings. The van der Waals surface area contributed by atoms with Gasteiger partial charge in [0, 0.05) is 12.6 Å². The van der Waals surface area contributed by atoms with Crippen molar-refractivity contribution >= 4 is 5.91 Å². The number of hydrogen-bond donors (Lipinski definition) is 2. The van der Waals surface area contributed by atoms with Gasteiger partial charge in [0.25, 0.3) is 0 Å². The molecule has 82 valence electrons. The number of hydrogen-bond acceptors (Lipinski definition) is 3. The second kappa shape index (κ2) is 5.98. The fourth-order valence-corrected chi connectivity index (χ4v) is 2.00. The van der Waals surface area contributed by atoms with Crippen LogP contribution in [0.15, 0.2) is 0 Å². The Kier molecular flexibility index (Phi) is 4.90. The van der Waals surface area contributed by atoms with Gasteiger partial charge in [-0.1, -0.05) is 6.92 Å². The third-order valence-electron chi connectivity index (χ3n) is 2.75. The molecular weight excluding hydrogens is 180 g/mol. The summed E-state index contributed by atoms with van der Waals surface area (Å²) < 4.78 is 0. The maximum absolute atomic E-state index is 11.4. The molecular formula is C10H20N2O2. The molecule has 0 aromatic heterocycles. The highest BCUT2D eigenvalue weighted by Gasteiger charge is 2.24. The average Bonchev–Trinajstić information content (AvgIpc) is 2.62. The minimum Gasteiger partial charge on any atom is -0.395 e. The van der Waals surface area contributed by atoms with Gasteiger partial charge in [-0.05, 0) is 25.8 Å². The van der Waals surface area contributed by atoms with Crippen LogP contribution in [-0.2, 0) is 4.79 Å². The van der Waals surface area contributed by atoms with Crippen molar-refractivity contribution in [3.8, 4) is 0 Å². The van der Waals surface area contributed by atoms with Crippen LogP contribution in [-0.4, -0.2) is 48.2 Å². The molecule has 4 nitrogen and oxygen atoms in total. The Bertz CT molecular complexity index is 185. The van der Waals surface area contributed by atoms with E-state index in [9.17, 15) is 4.79 Å². The quantitative estimate of drug-likeness (QED) is 0.655. The molecule has 1 unspecified atom stereocenters. The minimum atomic E-state index is 0.0168. The smallest absolute Gasteiger partial charge is 0.234 e. The van der Waals surface area contributed by atoms with Gasteiger partial charge in [0.2, 0.25) is 5.91 Å². The van der Waals surface area contributed by atoms with Gasteiger partial charge in [0.15, 0.2) is 0 Å². The monoisotopic (exact) mass is 200 g/mol.